The molecule has 0 unspecified atom stereocenters. The fraction of sp³-hybridized carbons (Fsp3) is 0.321. The van der Waals surface area contributed by atoms with Crippen molar-refractivity contribution in [3.8, 4) is 5.75 Å². The molecule has 2 aromatic carbocycles. The number of pyridine rings is 1. The monoisotopic (exact) mass is 491 g/mol. The first-order valence-corrected chi connectivity index (χ1v) is 12.0. The number of ether oxygens (including phenoxy) is 1. The molecule has 0 radical (unpaired) electrons. The Bertz CT molecular complexity index is 1330. The molecule has 1 amide bonds. The van der Waals surface area contributed by atoms with Gasteiger partial charge in [-0.2, -0.15) is 4.73 Å². The first-order chi connectivity index (χ1) is 17.1. The Hall–Kier alpha value is -3.94. The van der Waals surface area contributed by atoms with Crippen LogP contribution >= 0.6 is 0 Å². The summed E-state index contributed by atoms with van der Waals surface area (Å²) in [4.78, 5) is 28.0. The lowest BCUT2D eigenvalue weighted by Crippen LogP contribution is -2.48. The molecular formula is C28H30FN3O4. The minimum atomic E-state index is -0.547. The smallest absolute Gasteiger partial charge is 0.268 e. The molecule has 0 atom stereocenters. The van der Waals surface area contributed by atoms with Gasteiger partial charge in [0.05, 0.1) is 17.1 Å². The number of anilines is 1. The molecule has 0 saturated carbocycles. The quantitative estimate of drug-likeness (QED) is 0.223. The van der Waals surface area contributed by atoms with E-state index in [9.17, 15) is 14.8 Å². The number of aromatic nitrogens is 1. The van der Waals surface area contributed by atoms with E-state index in [0.29, 0.717) is 30.9 Å². The molecule has 4 rings (SSSR count). The van der Waals surface area contributed by atoms with Gasteiger partial charge < -0.3 is 19.7 Å². The topological polar surface area (TPSA) is 76.8 Å². The van der Waals surface area contributed by atoms with Gasteiger partial charge in [-0.05, 0) is 44.5 Å². The maximum Gasteiger partial charge on any atom is 0.268 e. The van der Waals surface area contributed by atoms with E-state index >= 15 is 4.39 Å². The molecule has 7 nitrogen and oxygen atoms in total. The highest BCUT2D eigenvalue weighted by Crippen LogP contribution is 2.39. The Labute approximate surface area is 210 Å². The molecule has 3 aromatic rings. The van der Waals surface area contributed by atoms with Gasteiger partial charge in [0.25, 0.3) is 5.52 Å². The summed E-state index contributed by atoms with van der Waals surface area (Å²) in [6.07, 6.45) is 3.97. The Morgan fingerprint density at radius 3 is 2.39 bits per heavy atom. The van der Waals surface area contributed by atoms with Crippen LogP contribution in [0.25, 0.3) is 17.0 Å². The second-order valence-corrected chi connectivity index (χ2v) is 9.30. The number of halogens is 1. The van der Waals surface area contributed by atoms with Gasteiger partial charge in [-0.3, -0.25) is 9.59 Å². The lowest BCUT2D eigenvalue weighted by molar-refractivity contribution is -0.577. The number of rotatable bonds is 6. The fourth-order valence-corrected chi connectivity index (χ4v) is 4.33. The number of hydrogen-bond acceptors (Lipinski definition) is 5. The summed E-state index contributed by atoms with van der Waals surface area (Å²) in [5.74, 6) is -0.800. The van der Waals surface area contributed by atoms with Crippen molar-refractivity contribution in [3.63, 3.8) is 0 Å². The largest absolute Gasteiger partial charge is 0.618 e. The third-order valence-electron chi connectivity index (χ3n) is 6.18. The average molecular weight is 492 g/mol. The predicted octanol–water partition coefficient (Wildman–Crippen LogP) is 4.27. The van der Waals surface area contributed by atoms with Crippen molar-refractivity contribution in [1.29, 1.82) is 0 Å². The van der Waals surface area contributed by atoms with Crippen molar-refractivity contribution in [2.45, 2.75) is 33.8 Å². The molecule has 188 valence electrons. The molecule has 0 bridgehead atoms. The number of piperazine rings is 1. The Morgan fingerprint density at radius 1 is 1.11 bits per heavy atom. The van der Waals surface area contributed by atoms with E-state index in [4.69, 9.17) is 4.74 Å². The molecule has 1 aliphatic heterocycles. The summed E-state index contributed by atoms with van der Waals surface area (Å²) in [5.41, 5.74) is 2.48. The number of amides is 1. The molecule has 0 N–H and O–H groups in total. The van der Waals surface area contributed by atoms with Gasteiger partial charge in [-0.25, -0.2) is 4.39 Å². The Balaban J connectivity index is 1.73. The van der Waals surface area contributed by atoms with Gasteiger partial charge in [0.2, 0.25) is 11.7 Å². The van der Waals surface area contributed by atoms with Crippen molar-refractivity contribution in [1.82, 2.24) is 4.90 Å². The molecule has 0 aliphatic carbocycles. The first kappa shape index (κ1) is 25.2. The van der Waals surface area contributed by atoms with E-state index in [2.05, 4.69) is 0 Å². The van der Waals surface area contributed by atoms with Crippen LogP contribution in [0.4, 0.5) is 10.1 Å². The number of fused-ring (bicyclic) bond motifs is 1. The highest BCUT2D eigenvalue weighted by atomic mass is 19.1. The lowest BCUT2D eigenvalue weighted by atomic mass is 10.1. The molecule has 0 spiro atoms. The van der Waals surface area contributed by atoms with Crippen LogP contribution in [0.15, 0.2) is 48.7 Å². The SMILES string of the molecule is CC(=O)N1CCN(c2c(F)cc3cc(C(=O)C=Cc4ccc(C)cc4)c[n+]([O-])c3c2OC(C)C)CC1. The summed E-state index contributed by atoms with van der Waals surface area (Å²) in [6.45, 7) is 8.82. The summed E-state index contributed by atoms with van der Waals surface area (Å²) < 4.78 is 22.1. The van der Waals surface area contributed by atoms with Gasteiger partial charge in [-0.1, -0.05) is 35.9 Å². The maximum atomic E-state index is 15.5. The van der Waals surface area contributed by atoms with E-state index in [1.165, 1.54) is 31.3 Å². The van der Waals surface area contributed by atoms with Crippen molar-refractivity contribution in [2.75, 3.05) is 31.1 Å². The van der Waals surface area contributed by atoms with Crippen molar-refractivity contribution in [3.05, 3.63) is 76.4 Å². The normalized spacial score (nSPS) is 14.2. The molecule has 8 heteroatoms. The van der Waals surface area contributed by atoms with Crippen molar-refractivity contribution >= 4 is 34.4 Å². The molecule has 36 heavy (non-hydrogen) atoms. The molecule has 1 aromatic heterocycles. The van der Waals surface area contributed by atoms with Crippen LogP contribution in [0.1, 0.15) is 42.3 Å². The van der Waals surface area contributed by atoms with Crippen molar-refractivity contribution < 1.29 is 23.4 Å². The highest BCUT2D eigenvalue weighted by molar-refractivity contribution is 6.08. The van der Waals surface area contributed by atoms with Crippen LogP contribution in [0.5, 0.6) is 5.75 Å². The van der Waals surface area contributed by atoms with E-state index in [1.54, 1.807) is 29.7 Å². The zero-order chi connectivity index (χ0) is 26.0. The Kier molecular flexibility index (Phi) is 7.24. The molecule has 1 fully saturated rings. The van der Waals surface area contributed by atoms with Crippen LogP contribution in [-0.4, -0.2) is 48.9 Å². The number of aryl methyl sites for hydroxylation is 1. The third kappa shape index (κ3) is 5.32. The van der Waals surface area contributed by atoms with Gasteiger partial charge in [0.15, 0.2) is 17.8 Å². The average Bonchev–Trinajstić information content (AvgIpc) is 2.83. The molecule has 2 heterocycles. The van der Waals surface area contributed by atoms with Crippen molar-refractivity contribution in [2.24, 2.45) is 0 Å². The van der Waals surface area contributed by atoms with Gasteiger partial charge in [0.1, 0.15) is 5.69 Å². The number of ketones is 1. The number of carbonyl (C=O) groups excluding carboxylic acids is 2. The van der Waals surface area contributed by atoms with Gasteiger partial charge in [-0.15, -0.1) is 0 Å². The zero-order valence-corrected chi connectivity index (χ0v) is 21.0. The van der Waals surface area contributed by atoms with E-state index < -0.39 is 5.82 Å². The van der Waals surface area contributed by atoms with Crippen LogP contribution in [-0.2, 0) is 4.79 Å². The molecular weight excluding hydrogens is 461 g/mol. The standard InChI is InChI=1S/C28H30FN3O4/c1-18(2)36-28-26-22(16-24(29)27(28)31-13-11-30(12-14-31)20(4)33)15-23(17-32(26)35)25(34)10-9-21-7-5-19(3)6-8-21/h5-10,15-18H,11-14H2,1-4H3. The van der Waals surface area contributed by atoms with Crippen LogP contribution in [0, 0.1) is 17.9 Å². The molecule has 1 aliphatic rings. The van der Waals surface area contributed by atoms with Crippen LogP contribution < -0.4 is 14.4 Å². The number of benzene rings is 2. The minimum absolute atomic E-state index is 0.0293. The molecule has 1 saturated heterocycles. The minimum Gasteiger partial charge on any atom is -0.618 e. The lowest BCUT2D eigenvalue weighted by Gasteiger charge is -2.36. The van der Waals surface area contributed by atoms with E-state index in [0.717, 1.165) is 11.1 Å². The summed E-state index contributed by atoms with van der Waals surface area (Å²) in [5, 5.41) is 13.4. The van der Waals surface area contributed by atoms with E-state index in [1.807, 2.05) is 31.2 Å². The zero-order valence-electron chi connectivity index (χ0n) is 21.0. The van der Waals surface area contributed by atoms with Gasteiger partial charge >= 0.3 is 0 Å². The van der Waals surface area contributed by atoms with Gasteiger partial charge in [0, 0.05) is 33.1 Å². The Morgan fingerprint density at radius 2 is 1.78 bits per heavy atom. The third-order valence-corrected chi connectivity index (χ3v) is 6.18. The number of nitrogens with zero attached hydrogens (tertiary/aromatic N) is 3. The summed E-state index contributed by atoms with van der Waals surface area (Å²) in [6, 6.07) is 10.5. The number of carbonyl (C=O) groups is 2. The van der Waals surface area contributed by atoms with Crippen LogP contribution in [0.2, 0.25) is 0 Å². The second kappa shape index (κ2) is 10.4. The summed E-state index contributed by atoms with van der Waals surface area (Å²) >= 11 is 0. The predicted molar refractivity (Wildman–Crippen MR) is 138 cm³/mol. The fourth-order valence-electron chi connectivity index (χ4n) is 4.33. The second-order valence-electron chi connectivity index (χ2n) is 9.30. The van der Waals surface area contributed by atoms with E-state index in [-0.39, 0.29) is 45.7 Å². The summed E-state index contributed by atoms with van der Waals surface area (Å²) in [7, 11) is 0. The first-order valence-electron chi connectivity index (χ1n) is 12.0. The maximum absolute atomic E-state index is 15.5. The number of allylic oxidation sites excluding steroid dienone is 1. The van der Waals surface area contributed by atoms with Crippen LogP contribution in [0.3, 0.4) is 0 Å². The number of hydrogen-bond donors (Lipinski definition) is 0. The highest BCUT2D eigenvalue weighted by Gasteiger charge is 2.29.